The molecule has 4 nitrogen and oxygen atoms in total. The maximum Gasteiger partial charge on any atom is 0.0991 e. The van der Waals surface area contributed by atoms with Crippen molar-refractivity contribution in [3.8, 4) is 5.69 Å². The fourth-order valence-electron chi connectivity index (χ4n) is 2.89. The van der Waals surface area contributed by atoms with Gasteiger partial charge < -0.3 is 15.0 Å². The number of aliphatic hydroxyl groups is 1. The zero-order valence-electron chi connectivity index (χ0n) is 14.1. The van der Waals surface area contributed by atoms with Gasteiger partial charge in [0.1, 0.15) is 0 Å². The molecule has 3 rings (SSSR count). The predicted molar refractivity (Wildman–Crippen MR) is 95.9 cm³/mol. The van der Waals surface area contributed by atoms with Gasteiger partial charge in [0.25, 0.3) is 0 Å². The Morgan fingerprint density at radius 1 is 1.04 bits per heavy atom. The van der Waals surface area contributed by atoms with E-state index in [1.165, 1.54) is 11.1 Å². The van der Waals surface area contributed by atoms with Crippen molar-refractivity contribution in [1.82, 2.24) is 14.9 Å². The van der Waals surface area contributed by atoms with Gasteiger partial charge in [0, 0.05) is 30.2 Å². The molecule has 0 spiro atoms. The minimum Gasteiger partial charge on any atom is -0.392 e. The SMILES string of the molecule is CC(NC(C)c1cccc(-n2ccnc2)c1)c1cccc(CO)c1. The van der Waals surface area contributed by atoms with Crippen LogP contribution in [0.1, 0.15) is 42.6 Å². The summed E-state index contributed by atoms with van der Waals surface area (Å²) in [5.74, 6) is 0. The lowest BCUT2D eigenvalue weighted by atomic mass is 10.0. The fourth-order valence-corrected chi connectivity index (χ4v) is 2.89. The van der Waals surface area contributed by atoms with Crippen molar-refractivity contribution >= 4 is 0 Å². The van der Waals surface area contributed by atoms with E-state index in [1.807, 2.05) is 29.0 Å². The van der Waals surface area contributed by atoms with Crippen molar-refractivity contribution in [1.29, 1.82) is 0 Å². The average Bonchev–Trinajstić information content (AvgIpc) is 3.16. The minimum atomic E-state index is 0.0725. The van der Waals surface area contributed by atoms with Crippen LogP contribution in [0, 0.1) is 0 Å². The molecule has 124 valence electrons. The number of nitrogens with one attached hydrogen (secondary N) is 1. The van der Waals surface area contributed by atoms with E-state index in [4.69, 9.17) is 0 Å². The Morgan fingerprint density at radius 2 is 1.75 bits per heavy atom. The Hall–Kier alpha value is -2.43. The lowest BCUT2D eigenvalue weighted by Crippen LogP contribution is -2.22. The monoisotopic (exact) mass is 321 g/mol. The van der Waals surface area contributed by atoms with Crippen LogP contribution in [0.3, 0.4) is 0 Å². The second kappa shape index (κ2) is 7.43. The zero-order valence-corrected chi connectivity index (χ0v) is 14.1. The van der Waals surface area contributed by atoms with Crippen LogP contribution in [0.5, 0.6) is 0 Å². The molecule has 0 fully saturated rings. The second-order valence-corrected chi connectivity index (χ2v) is 6.08. The van der Waals surface area contributed by atoms with Gasteiger partial charge in [-0.25, -0.2) is 4.98 Å². The quantitative estimate of drug-likeness (QED) is 0.726. The van der Waals surface area contributed by atoms with E-state index in [0.29, 0.717) is 0 Å². The number of imidazole rings is 1. The Labute approximate surface area is 142 Å². The van der Waals surface area contributed by atoms with Crippen LogP contribution in [-0.2, 0) is 6.61 Å². The number of hydrogen-bond acceptors (Lipinski definition) is 3. The molecule has 0 aliphatic rings. The van der Waals surface area contributed by atoms with Gasteiger partial charge in [-0.2, -0.15) is 0 Å². The molecule has 4 heteroatoms. The maximum atomic E-state index is 9.30. The van der Waals surface area contributed by atoms with Crippen molar-refractivity contribution in [3.05, 3.63) is 83.9 Å². The van der Waals surface area contributed by atoms with Crippen molar-refractivity contribution in [2.45, 2.75) is 32.5 Å². The van der Waals surface area contributed by atoms with Crippen LogP contribution in [0.4, 0.5) is 0 Å². The minimum absolute atomic E-state index is 0.0725. The highest BCUT2D eigenvalue weighted by Crippen LogP contribution is 2.22. The molecule has 0 aliphatic carbocycles. The van der Waals surface area contributed by atoms with E-state index in [-0.39, 0.29) is 18.7 Å². The van der Waals surface area contributed by atoms with Gasteiger partial charge in [0.05, 0.1) is 12.9 Å². The highest BCUT2D eigenvalue weighted by molar-refractivity contribution is 5.37. The van der Waals surface area contributed by atoms with Crippen LogP contribution < -0.4 is 5.32 Å². The van der Waals surface area contributed by atoms with Crippen LogP contribution in [0.15, 0.2) is 67.3 Å². The number of benzene rings is 2. The van der Waals surface area contributed by atoms with Crippen molar-refractivity contribution < 1.29 is 5.11 Å². The van der Waals surface area contributed by atoms with Gasteiger partial charge in [-0.05, 0) is 42.7 Å². The average molecular weight is 321 g/mol. The molecule has 2 N–H and O–H groups in total. The van der Waals surface area contributed by atoms with Crippen LogP contribution in [0.2, 0.25) is 0 Å². The van der Waals surface area contributed by atoms with Crippen LogP contribution in [0.25, 0.3) is 5.69 Å². The highest BCUT2D eigenvalue weighted by atomic mass is 16.3. The summed E-state index contributed by atoms with van der Waals surface area (Å²) in [6.45, 7) is 4.38. The number of nitrogens with zero attached hydrogens (tertiary/aromatic N) is 2. The van der Waals surface area contributed by atoms with Crippen molar-refractivity contribution in [2.24, 2.45) is 0 Å². The highest BCUT2D eigenvalue weighted by Gasteiger charge is 2.12. The van der Waals surface area contributed by atoms with E-state index < -0.39 is 0 Å². The lowest BCUT2D eigenvalue weighted by Gasteiger charge is -2.22. The lowest BCUT2D eigenvalue weighted by molar-refractivity contribution is 0.281. The Balaban J connectivity index is 1.74. The second-order valence-electron chi connectivity index (χ2n) is 6.08. The molecule has 0 radical (unpaired) electrons. The molecule has 0 bridgehead atoms. The summed E-state index contributed by atoms with van der Waals surface area (Å²) in [7, 11) is 0. The van der Waals surface area contributed by atoms with E-state index in [9.17, 15) is 5.11 Å². The molecule has 0 amide bonds. The molecular formula is C20H23N3O. The van der Waals surface area contributed by atoms with Crippen molar-refractivity contribution in [2.75, 3.05) is 0 Å². The van der Waals surface area contributed by atoms with Gasteiger partial charge in [0.15, 0.2) is 0 Å². The van der Waals surface area contributed by atoms with Gasteiger partial charge >= 0.3 is 0 Å². The third-order valence-electron chi connectivity index (χ3n) is 4.31. The molecule has 2 unspecified atom stereocenters. The number of aliphatic hydroxyl groups excluding tert-OH is 1. The summed E-state index contributed by atoms with van der Waals surface area (Å²) in [5, 5.41) is 12.9. The largest absolute Gasteiger partial charge is 0.392 e. The van der Waals surface area contributed by atoms with E-state index >= 15 is 0 Å². The third-order valence-corrected chi connectivity index (χ3v) is 4.31. The molecule has 0 saturated carbocycles. The van der Waals surface area contributed by atoms with E-state index in [2.05, 4.69) is 54.5 Å². The zero-order chi connectivity index (χ0) is 16.9. The van der Waals surface area contributed by atoms with Gasteiger partial charge in [-0.15, -0.1) is 0 Å². The first kappa shape index (κ1) is 16.4. The molecule has 1 heterocycles. The summed E-state index contributed by atoms with van der Waals surface area (Å²) in [6, 6.07) is 16.9. The number of hydrogen-bond donors (Lipinski definition) is 2. The molecular weight excluding hydrogens is 298 g/mol. The summed E-state index contributed by atoms with van der Waals surface area (Å²) < 4.78 is 2.00. The molecule has 2 aromatic carbocycles. The van der Waals surface area contributed by atoms with Gasteiger partial charge in [-0.1, -0.05) is 36.4 Å². The fraction of sp³-hybridized carbons (Fsp3) is 0.250. The Bertz CT molecular complexity index is 783. The van der Waals surface area contributed by atoms with E-state index in [1.54, 1.807) is 12.5 Å². The summed E-state index contributed by atoms with van der Waals surface area (Å²) >= 11 is 0. The Morgan fingerprint density at radius 3 is 2.42 bits per heavy atom. The molecule has 3 aromatic rings. The van der Waals surface area contributed by atoms with E-state index in [0.717, 1.165) is 11.3 Å². The first-order chi connectivity index (χ1) is 11.7. The standard InChI is InChI=1S/C20H23N3O/c1-15(18-6-3-5-17(11-18)13-24)22-16(2)19-7-4-8-20(12-19)23-10-9-21-14-23/h3-12,14-16,22,24H,13H2,1-2H3. The maximum absolute atomic E-state index is 9.30. The van der Waals surface area contributed by atoms with Gasteiger partial charge in [-0.3, -0.25) is 0 Å². The molecule has 1 aromatic heterocycles. The Kier molecular flexibility index (Phi) is 5.08. The molecule has 2 atom stereocenters. The molecule has 0 aliphatic heterocycles. The van der Waals surface area contributed by atoms with Crippen LogP contribution in [-0.4, -0.2) is 14.7 Å². The summed E-state index contributed by atoms with van der Waals surface area (Å²) in [4.78, 5) is 4.10. The first-order valence-electron chi connectivity index (χ1n) is 8.21. The normalized spacial score (nSPS) is 13.6. The summed E-state index contributed by atoms with van der Waals surface area (Å²) in [6.07, 6.45) is 5.53. The molecule has 0 saturated heterocycles. The van der Waals surface area contributed by atoms with Crippen molar-refractivity contribution in [3.63, 3.8) is 0 Å². The number of rotatable bonds is 6. The first-order valence-corrected chi connectivity index (χ1v) is 8.21. The molecule has 24 heavy (non-hydrogen) atoms. The third kappa shape index (κ3) is 3.72. The smallest absolute Gasteiger partial charge is 0.0991 e. The number of aromatic nitrogens is 2. The topological polar surface area (TPSA) is 50.1 Å². The predicted octanol–water partition coefficient (Wildman–Crippen LogP) is 3.78. The van der Waals surface area contributed by atoms with Gasteiger partial charge in [0.2, 0.25) is 0 Å². The summed E-state index contributed by atoms with van der Waals surface area (Å²) in [5.41, 5.74) is 4.45. The van der Waals surface area contributed by atoms with Crippen LogP contribution >= 0.6 is 0 Å².